The molecule has 7 heterocycles. The van der Waals surface area contributed by atoms with Crippen LogP contribution in [0.3, 0.4) is 0 Å². The summed E-state index contributed by atoms with van der Waals surface area (Å²) in [6.07, 6.45) is 5.80. The second-order valence-electron chi connectivity index (χ2n) is 14.5. The fraction of sp³-hybridized carbons (Fsp3) is 0.500. The minimum Gasteiger partial charge on any atom is -0.497 e. The third kappa shape index (κ3) is 12.9. The van der Waals surface area contributed by atoms with E-state index in [2.05, 4.69) is 79.6 Å². The maximum Gasteiger partial charge on any atom is 0.224 e. The highest BCUT2D eigenvalue weighted by molar-refractivity contribution is 6.28. The highest BCUT2D eigenvalue weighted by Gasteiger charge is 2.15. The van der Waals surface area contributed by atoms with Crippen molar-refractivity contribution in [3.05, 3.63) is 66.2 Å². The van der Waals surface area contributed by atoms with Gasteiger partial charge in [0.05, 0.1) is 38.0 Å². The SMILES string of the molecule is C1CCOC1.CN1CCN(CCN)CC1.COc1ccc(-n2nnc3cnc(Cl)nc32)cc1.COc1ccc(-n2nnc3cnc(NCCN4CCN(C)CC4)nc32)cc1. The summed E-state index contributed by atoms with van der Waals surface area (Å²) in [7, 11) is 7.60. The van der Waals surface area contributed by atoms with Crippen molar-refractivity contribution in [1.29, 1.82) is 0 Å². The number of likely N-dealkylation sites (N-methyl/N-ethyl adjacent to an activating group) is 2. The quantitative estimate of drug-likeness (QED) is 0.191. The molecular formula is C40H57ClN16O3. The molecular weight excluding hydrogens is 788 g/mol. The molecule has 3 N–H and O–H groups in total. The molecule has 0 aliphatic carbocycles. The summed E-state index contributed by atoms with van der Waals surface area (Å²) >= 11 is 5.77. The summed E-state index contributed by atoms with van der Waals surface area (Å²) in [5.41, 5.74) is 9.64. The summed E-state index contributed by atoms with van der Waals surface area (Å²) < 4.78 is 18.6. The van der Waals surface area contributed by atoms with Crippen LogP contribution in [0.25, 0.3) is 33.7 Å². The van der Waals surface area contributed by atoms with E-state index in [4.69, 9.17) is 31.5 Å². The van der Waals surface area contributed by atoms with Gasteiger partial charge in [0, 0.05) is 91.8 Å². The van der Waals surface area contributed by atoms with E-state index >= 15 is 0 Å². The molecule has 3 aliphatic rings. The van der Waals surface area contributed by atoms with Crippen molar-refractivity contribution in [2.24, 2.45) is 5.73 Å². The number of nitrogens with one attached hydrogen (secondary N) is 1. The van der Waals surface area contributed by atoms with Crippen molar-refractivity contribution in [1.82, 2.24) is 69.5 Å². The van der Waals surface area contributed by atoms with Gasteiger partial charge in [-0.1, -0.05) is 10.4 Å². The van der Waals surface area contributed by atoms with Crippen LogP contribution < -0.4 is 20.5 Å². The summed E-state index contributed by atoms with van der Waals surface area (Å²) in [5, 5.41) is 19.8. The maximum absolute atomic E-state index is 5.77. The lowest BCUT2D eigenvalue weighted by Gasteiger charge is -2.32. The molecule has 20 heteroatoms. The summed E-state index contributed by atoms with van der Waals surface area (Å²) in [5.74, 6) is 2.16. The number of aromatic nitrogens is 10. The first-order chi connectivity index (χ1) is 29.3. The zero-order chi connectivity index (χ0) is 42.1. The van der Waals surface area contributed by atoms with Gasteiger partial charge in [-0.2, -0.15) is 19.3 Å². The van der Waals surface area contributed by atoms with Crippen LogP contribution in [0.1, 0.15) is 12.8 Å². The average Bonchev–Trinajstić information content (AvgIpc) is 4.09. The Balaban J connectivity index is 0.000000156. The first kappa shape index (κ1) is 44.4. The Morgan fingerprint density at radius 2 is 1.15 bits per heavy atom. The second kappa shape index (κ2) is 23.0. The Bertz CT molecular complexity index is 2140. The van der Waals surface area contributed by atoms with Gasteiger partial charge >= 0.3 is 0 Å². The number of benzene rings is 2. The number of fused-ring (bicyclic) bond motifs is 2. The van der Waals surface area contributed by atoms with Gasteiger partial charge in [-0.25, -0.2) is 9.97 Å². The van der Waals surface area contributed by atoms with Gasteiger partial charge in [-0.15, -0.1) is 10.2 Å². The Hall–Kier alpha value is -5.15. The van der Waals surface area contributed by atoms with Crippen LogP contribution in [-0.2, 0) is 4.74 Å². The molecule has 0 unspecified atom stereocenters. The molecule has 0 amide bonds. The van der Waals surface area contributed by atoms with Crippen LogP contribution in [0.2, 0.25) is 5.28 Å². The number of nitrogens with zero attached hydrogens (tertiary/aromatic N) is 14. The van der Waals surface area contributed by atoms with Crippen molar-refractivity contribution in [2.45, 2.75) is 12.8 Å². The normalized spacial score (nSPS) is 16.3. The Morgan fingerprint density at radius 1 is 0.667 bits per heavy atom. The molecule has 322 valence electrons. The molecule has 0 spiro atoms. The van der Waals surface area contributed by atoms with Crippen molar-refractivity contribution in [2.75, 3.05) is 125 Å². The minimum atomic E-state index is 0.166. The molecule has 3 fully saturated rings. The number of ether oxygens (including phenoxy) is 3. The molecule has 3 aliphatic heterocycles. The topological polar surface area (TPSA) is 192 Å². The highest BCUT2D eigenvalue weighted by Crippen LogP contribution is 2.20. The standard InChI is InChI=1S/C18H24N8O.C11H8ClN5O.C7H17N3.C4H8O/c1-24-9-11-25(12-10-24)8-7-19-18-20-13-16-17(21-18)26(23-22-16)14-3-5-15(27-2)6-4-14;1-18-8-4-2-7(3-5-8)17-10-9(15-16-17)6-13-11(12)14-10;1-9-4-6-10(3-2-8)7-5-9;1-2-4-5-3-1/h3-6,13H,7-12H2,1-2H3,(H,19,20,21);2-6H,1H3;2-8H2,1H3;1-4H2. The van der Waals surface area contributed by atoms with E-state index < -0.39 is 0 Å². The average molecular weight is 845 g/mol. The lowest BCUT2D eigenvalue weighted by molar-refractivity contribution is 0.157. The minimum absolute atomic E-state index is 0.166. The summed E-state index contributed by atoms with van der Waals surface area (Å²) in [6.45, 7) is 14.9. The fourth-order valence-corrected chi connectivity index (χ4v) is 6.61. The second-order valence-corrected chi connectivity index (χ2v) is 14.8. The van der Waals surface area contributed by atoms with Crippen LogP contribution in [-0.4, -0.2) is 190 Å². The molecule has 19 nitrogen and oxygen atoms in total. The van der Waals surface area contributed by atoms with Gasteiger partial charge in [-0.05, 0) is 87.1 Å². The zero-order valence-corrected chi connectivity index (χ0v) is 35.8. The van der Waals surface area contributed by atoms with Gasteiger partial charge in [0.1, 0.15) is 11.5 Å². The predicted molar refractivity (Wildman–Crippen MR) is 232 cm³/mol. The third-order valence-electron chi connectivity index (χ3n) is 10.2. The maximum atomic E-state index is 5.77. The number of piperazine rings is 2. The van der Waals surface area contributed by atoms with E-state index in [9.17, 15) is 0 Å². The van der Waals surface area contributed by atoms with E-state index in [1.54, 1.807) is 29.8 Å². The lowest BCUT2D eigenvalue weighted by atomic mass is 10.3. The van der Waals surface area contributed by atoms with Crippen LogP contribution in [0, 0.1) is 0 Å². The first-order valence-corrected chi connectivity index (χ1v) is 20.7. The molecule has 4 aromatic heterocycles. The van der Waals surface area contributed by atoms with E-state index in [0.29, 0.717) is 28.3 Å². The Labute approximate surface area is 355 Å². The van der Waals surface area contributed by atoms with E-state index in [0.717, 1.165) is 88.4 Å². The van der Waals surface area contributed by atoms with Crippen LogP contribution in [0.5, 0.6) is 11.5 Å². The Kier molecular flexibility index (Phi) is 17.0. The molecule has 0 radical (unpaired) electrons. The van der Waals surface area contributed by atoms with Gasteiger partial charge < -0.3 is 35.1 Å². The number of hydrogen-bond acceptors (Lipinski definition) is 17. The number of methoxy groups -OCH3 is 2. The molecule has 6 aromatic rings. The van der Waals surface area contributed by atoms with E-state index in [1.165, 1.54) is 45.2 Å². The van der Waals surface area contributed by atoms with Crippen molar-refractivity contribution in [3.8, 4) is 22.9 Å². The molecule has 0 saturated carbocycles. The van der Waals surface area contributed by atoms with E-state index in [-0.39, 0.29) is 5.28 Å². The van der Waals surface area contributed by atoms with Crippen molar-refractivity contribution in [3.63, 3.8) is 0 Å². The van der Waals surface area contributed by atoms with Crippen molar-refractivity contribution >= 4 is 39.9 Å². The molecule has 0 bridgehead atoms. The highest BCUT2D eigenvalue weighted by atomic mass is 35.5. The summed E-state index contributed by atoms with van der Waals surface area (Å²) in [6, 6.07) is 15.0. The van der Waals surface area contributed by atoms with Crippen LogP contribution >= 0.6 is 11.6 Å². The number of rotatable bonds is 10. The smallest absolute Gasteiger partial charge is 0.224 e. The number of anilines is 1. The molecule has 60 heavy (non-hydrogen) atoms. The van der Waals surface area contributed by atoms with Gasteiger partial charge in [0.2, 0.25) is 11.2 Å². The van der Waals surface area contributed by atoms with E-state index in [1.807, 2.05) is 48.5 Å². The number of hydrogen-bond donors (Lipinski definition) is 2. The third-order valence-corrected chi connectivity index (χ3v) is 10.3. The largest absolute Gasteiger partial charge is 0.497 e. The summed E-state index contributed by atoms with van der Waals surface area (Å²) in [4.78, 5) is 26.5. The van der Waals surface area contributed by atoms with Crippen LogP contribution in [0.4, 0.5) is 5.95 Å². The monoisotopic (exact) mass is 844 g/mol. The molecule has 0 atom stereocenters. The van der Waals surface area contributed by atoms with Gasteiger partial charge in [0.15, 0.2) is 22.3 Å². The fourth-order valence-electron chi connectivity index (χ4n) is 6.48. The van der Waals surface area contributed by atoms with Gasteiger partial charge in [0.25, 0.3) is 0 Å². The molecule has 9 rings (SSSR count). The zero-order valence-electron chi connectivity index (χ0n) is 35.0. The first-order valence-electron chi connectivity index (χ1n) is 20.3. The Morgan fingerprint density at radius 3 is 1.62 bits per heavy atom. The molecule has 2 aromatic carbocycles. The van der Waals surface area contributed by atoms with Crippen molar-refractivity contribution < 1.29 is 14.2 Å². The predicted octanol–water partition coefficient (Wildman–Crippen LogP) is 2.74. The molecule has 3 saturated heterocycles. The number of halogens is 1. The lowest BCUT2D eigenvalue weighted by Crippen LogP contribution is -2.45. The van der Waals surface area contributed by atoms with Crippen LogP contribution in [0.15, 0.2) is 60.9 Å². The van der Waals surface area contributed by atoms with Gasteiger partial charge in [-0.3, -0.25) is 9.80 Å². The number of nitrogens with two attached hydrogens (primary N) is 1.